The summed E-state index contributed by atoms with van der Waals surface area (Å²) in [5, 5.41) is 55.4. The van der Waals surface area contributed by atoms with Gasteiger partial charge in [0.1, 0.15) is 11.7 Å². The highest BCUT2D eigenvalue weighted by molar-refractivity contribution is 5.54. The van der Waals surface area contributed by atoms with E-state index >= 15 is 0 Å². The zero-order chi connectivity index (χ0) is 24.6. The van der Waals surface area contributed by atoms with Crippen LogP contribution in [0.3, 0.4) is 0 Å². The molecule has 0 aliphatic heterocycles. The summed E-state index contributed by atoms with van der Waals surface area (Å²) in [6.45, 7) is 12.0. The van der Waals surface area contributed by atoms with Gasteiger partial charge in [0.05, 0.1) is 17.3 Å². The van der Waals surface area contributed by atoms with E-state index in [1.54, 1.807) is 6.08 Å². The number of hydrogen-bond acceptors (Lipinski definition) is 5. The zero-order valence-corrected chi connectivity index (χ0v) is 21.2. The van der Waals surface area contributed by atoms with Gasteiger partial charge < -0.3 is 25.5 Å². The molecule has 0 saturated heterocycles. The Labute approximate surface area is 198 Å². The van der Waals surface area contributed by atoms with Crippen LogP contribution in [0.4, 0.5) is 0 Å². The summed E-state index contributed by atoms with van der Waals surface area (Å²) in [4.78, 5) is 0. The number of fused-ring (bicyclic) bond motifs is 5. The predicted molar refractivity (Wildman–Crippen MR) is 129 cm³/mol. The maximum Gasteiger partial charge on any atom is 0.106 e. The Hall–Kier alpha value is -0.980. The van der Waals surface area contributed by atoms with E-state index in [1.165, 1.54) is 0 Å². The van der Waals surface area contributed by atoms with Crippen molar-refractivity contribution < 1.29 is 25.5 Å². The van der Waals surface area contributed by atoms with Crippen LogP contribution in [0.2, 0.25) is 0 Å². The molecule has 5 N–H and O–H groups in total. The maximum atomic E-state index is 12.2. The minimum absolute atomic E-state index is 0.0291. The standard InChI is InChI=1S/C28H44O5/c1-17(7-8-18(2)24(3,4)31)20-11-14-27(32)22-15-23(30)28(33)16-19(29)9-12-26(28,6)21(22)10-13-25(20,27)5/h7-8,10,15,17-20,23,29-33H,9,11-14,16H2,1-6H3/b8-7+/t17-,18+,19+,20-,23-,25-,26-,27-,28+/m1/s1. The first kappa shape index (κ1) is 25.1. The lowest BCUT2D eigenvalue weighted by Crippen LogP contribution is -2.64. The highest BCUT2D eigenvalue weighted by Gasteiger charge is 2.67. The van der Waals surface area contributed by atoms with Gasteiger partial charge in [-0.2, -0.15) is 0 Å². The van der Waals surface area contributed by atoms with Gasteiger partial charge in [0.25, 0.3) is 0 Å². The lowest BCUT2D eigenvalue weighted by atomic mass is 9.48. The minimum atomic E-state index is -1.43. The number of hydrogen-bond donors (Lipinski definition) is 5. The van der Waals surface area contributed by atoms with Gasteiger partial charge in [-0.3, -0.25) is 0 Å². The topological polar surface area (TPSA) is 101 Å². The van der Waals surface area contributed by atoms with Crippen LogP contribution in [0.1, 0.15) is 80.1 Å². The first-order chi connectivity index (χ1) is 15.1. The van der Waals surface area contributed by atoms with Crippen LogP contribution in [-0.4, -0.2) is 54.5 Å². The van der Waals surface area contributed by atoms with Crippen molar-refractivity contribution in [1.29, 1.82) is 0 Å². The molecule has 2 saturated carbocycles. The van der Waals surface area contributed by atoms with Gasteiger partial charge in [-0.1, -0.05) is 45.9 Å². The van der Waals surface area contributed by atoms with Gasteiger partial charge >= 0.3 is 0 Å². The summed E-state index contributed by atoms with van der Waals surface area (Å²) >= 11 is 0. The molecule has 5 nitrogen and oxygen atoms in total. The smallest absolute Gasteiger partial charge is 0.106 e. The Morgan fingerprint density at radius 1 is 1.03 bits per heavy atom. The predicted octanol–water partition coefficient (Wildman–Crippen LogP) is 3.65. The molecule has 4 rings (SSSR count). The highest BCUT2D eigenvalue weighted by Crippen LogP contribution is 2.67. The van der Waals surface area contributed by atoms with Crippen LogP contribution in [0.5, 0.6) is 0 Å². The van der Waals surface area contributed by atoms with E-state index in [4.69, 9.17) is 0 Å². The molecule has 0 aromatic rings. The molecule has 0 amide bonds. The Bertz CT molecular complexity index is 883. The van der Waals surface area contributed by atoms with E-state index in [-0.39, 0.29) is 29.6 Å². The fourth-order valence-electron chi connectivity index (χ4n) is 7.46. The Balaban J connectivity index is 1.69. The molecule has 0 aromatic heterocycles. The lowest BCUT2D eigenvalue weighted by molar-refractivity contribution is -0.176. The van der Waals surface area contributed by atoms with Gasteiger partial charge in [-0.05, 0) is 75.0 Å². The second kappa shape index (κ2) is 7.76. The number of aliphatic hydroxyl groups excluding tert-OH is 2. The van der Waals surface area contributed by atoms with Gasteiger partial charge in [-0.15, -0.1) is 0 Å². The van der Waals surface area contributed by atoms with E-state index in [0.29, 0.717) is 25.7 Å². The fraction of sp³-hybridized carbons (Fsp3) is 0.786. The van der Waals surface area contributed by atoms with Crippen molar-refractivity contribution in [2.75, 3.05) is 0 Å². The molecular formula is C28H44O5. The van der Waals surface area contributed by atoms with Crippen molar-refractivity contribution in [3.8, 4) is 0 Å². The van der Waals surface area contributed by atoms with Crippen LogP contribution in [0, 0.1) is 28.6 Å². The molecule has 2 fully saturated rings. The van der Waals surface area contributed by atoms with Crippen molar-refractivity contribution in [2.45, 2.75) is 109 Å². The molecule has 0 aromatic carbocycles. The van der Waals surface area contributed by atoms with Crippen LogP contribution in [0.15, 0.2) is 35.5 Å². The van der Waals surface area contributed by atoms with Gasteiger partial charge in [0.2, 0.25) is 0 Å². The largest absolute Gasteiger partial charge is 0.393 e. The van der Waals surface area contributed by atoms with Crippen LogP contribution < -0.4 is 0 Å². The number of aliphatic hydroxyl groups is 5. The molecule has 0 spiro atoms. The van der Waals surface area contributed by atoms with Crippen molar-refractivity contribution >= 4 is 0 Å². The van der Waals surface area contributed by atoms with Crippen molar-refractivity contribution in [2.24, 2.45) is 28.6 Å². The third kappa shape index (κ3) is 3.45. The Morgan fingerprint density at radius 2 is 1.70 bits per heavy atom. The molecule has 186 valence electrons. The first-order valence-corrected chi connectivity index (χ1v) is 12.7. The average Bonchev–Trinajstić information content (AvgIpc) is 2.99. The van der Waals surface area contributed by atoms with E-state index in [9.17, 15) is 25.5 Å². The zero-order valence-electron chi connectivity index (χ0n) is 21.2. The molecule has 0 bridgehead atoms. The lowest BCUT2D eigenvalue weighted by Gasteiger charge is -2.60. The summed E-state index contributed by atoms with van der Waals surface area (Å²) in [6, 6.07) is 0. The van der Waals surface area contributed by atoms with Gasteiger partial charge in [0, 0.05) is 23.2 Å². The van der Waals surface area contributed by atoms with Crippen LogP contribution in [-0.2, 0) is 0 Å². The Kier molecular flexibility index (Phi) is 5.91. The van der Waals surface area contributed by atoms with Gasteiger partial charge in [-0.25, -0.2) is 0 Å². The van der Waals surface area contributed by atoms with E-state index in [2.05, 4.69) is 32.1 Å². The summed E-state index contributed by atoms with van der Waals surface area (Å²) in [5.41, 5.74) is -2.60. The monoisotopic (exact) mass is 460 g/mol. The molecule has 33 heavy (non-hydrogen) atoms. The average molecular weight is 461 g/mol. The maximum absolute atomic E-state index is 12.2. The van der Waals surface area contributed by atoms with Crippen molar-refractivity contribution in [1.82, 2.24) is 0 Å². The van der Waals surface area contributed by atoms with Crippen molar-refractivity contribution in [3.05, 3.63) is 35.5 Å². The Morgan fingerprint density at radius 3 is 2.33 bits per heavy atom. The summed E-state index contributed by atoms with van der Waals surface area (Å²) in [5.74, 6) is 0.516. The normalized spacial score (nSPS) is 47.3. The second-order valence-electron chi connectivity index (χ2n) is 12.6. The molecular weight excluding hydrogens is 416 g/mol. The van der Waals surface area contributed by atoms with E-state index in [0.717, 1.165) is 17.6 Å². The molecule has 5 heteroatoms. The summed E-state index contributed by atoms with van der Waals surface area (Å²) < 4.78 is 0. The summed E-state index contributed by atoms with van der Waals surface area (Å²) in [6.07, 6.45) is 9.93. The van der Waals surface area contributed by atoms with Gasteiger partial charge in [0.15, 0.2) is 0 Å². The minimum Gasteiger partial charge on any atom is -0.393 e. The molecule has 0 radical (unpaired) electrons. The quantitative estimate of drug-likeness (QED) is 0.412. The van der Waals surface area contributed by atoms with E-state index < -0.39 is 34.4 Å². The molecule has 0 heterocycles. The summed E-state index contributed by atoms with van der Waals surface area (Å²) in [7, 11) is 0. The van der Waals surface area contributed by atoms with Crippen LogP contribution in [0.25, 0.3) is 0 Å². The molecule has 9 atom stereocenters. The van der Waals surface area contributed by atoms with Crippen LogP contribution >= 0.6 is 0 Å². The third-order valence-corrected chi connectivity index (χ3v) is 10.4. The number of allylic oxidation sites excluding steroid dienone is 2. The molecule has 0 unspecified atom stereocenters. The molecule has 4 aliphatic carbocycles. The highest BCUT2D eigenvalue weighted by atomic mass is 16.3. The molecule has 4 aliphatic rings. The first-order valence-electron chi connectivity index (χ1n) is 12.7. The fourth-order valence-corrected chi connectivity index (χ4v) is 7.46. The number of rotatable bonds is 4. The third-order valence-electron chi connectivity index (χ3n) is 10.4. The van der Waals surface area contributed by atoms with E-state index in [1.807, 2.05) is 27.7 Å². The second-order valence-corrected chi connectivity index (χ2v) is 12.6. The SMILES string of the molecule is C[C@H](/C=C/[C@H](C)C(C)(C)O)[C@H]1CC[C@@]2(O)C3=C[C@@H](O)[C@@]4(O)C[C@@H](O)CC[C@]4(C)C3=CC[C@]12C. The van der Waals surface area contributed by atoms with Crippen molar-refractivity contribution in [3.63, 3.8) is 0 Å².